The summed E-state index contributed by atoms with van der Waals surface area (Å²) in [6.45, 7) is 0.172. The molecule has 0 spiro atoms. The van der Waals surface area contributed by atoms with Gasteiger partial charge in [0.25, 0.3) is 5.91 Å². The van der Waals surface area contributed by atoms with Crippen molar-refractivity contribution in [3.8, 4) is 16.9 Å². The molecule has 2 aromatic carbocycles. The summed E-state index contributed by atoms with van der Waals surface area (Å²) in [6.07, 6.45) is 2.19. The molecule has 3 aromatic rings. The summed E-state index contributed by atoms with van der Waals surface area (Å²) in [4.78, 5) is 12.1. The first-order valence-corrected chi connectivity index (χ1v) is 9.80. The highest BCUT2D eigenvalue weighted by Crippen LogP contribution is 2.35. The van der Waals surface area contributed by atoms with Gasteiger partial charge in [0.05, 0.1) is 11.6 Å². The predicted molar refractivity (Wildman–Crippen MR) is 110 cm³/mol. The van der Waals surface area contributed by atoms with Crippen LogP contribution in [0.3, 0.4) is 0 Å². The fourth-order valence-electron chi connectivity index (χ4n) is 2.97. The fourth-order valence-corrected chi connectivity index (χ4v) is 3.51. The molecule has 0 radical (unpaired) electrons. The molecule has 6 nitrogen and oxygen atoms in total. The Kier molecular flexibility index (Phi) is 5.45. The van der Waals surface area contributed by atoms with E-state index in [1.165, 1.54) is 0 Å². The molecular formula is C20H19ClN4O2S. The number of hydrogen-bond acceptors (Lipinski definition) is 4. The number of ether oxygens (including phenoxy) is 1. The van der Waals surface area contributed by atoms with Gasteiger partial charge < -0.3 is 10.1 Å². The van der Waals surface area contributed by atoms with Crippen LogP contribution in [-0.4, -0.2) is 27.3 Å². The molecular weight excluding hydrogens is 396 g/mol. The van der Waals surface area contributed by atoms with E-state index in [4.69, 9.17) is 28.6 Å². The minimum atomic E-state index is -0.250. The summed E-state index contributed by atoms with van der Waals surface area (Å²) in [5, 5.41) is 10.2. The van der Waals surface area contributed by atoms with Gasteiger partial charge in [-0.3, -0.25) is 14.5 Å². The van der Waals surface area contributed by atoms with E-state index in [2.05, 4.69) is 15.5 Å². The SMILES string of the molecule is O=C(COc1ccc(-c2ccccc2)cc1Cl)NCc1n[nH]c(=S)n1C1CC1. The Bertz CT molecular complexity index is 1040. The third-order valence-electron chi connectivity index (χ3n) is 4.53. The average molecular weight is 415 g/mol. The van der Waals surface area contributed by atoms with Crippen molar-refractivity contribution < 1.29 is 9.53 Å². The number of carbonyl (C=O) groups is 1. The Hall–Kier alpha value is -2.64. The molecule has 1 fully saturated rings. The molecule has 2 N–H and O–H groups in total. The molecule has 1 aliphatic rings. The normalized spacial score (nSPS) is 13.3. The summed E-state index contributed by atoms with van der Waals surface area (Å²) in [6, 6.07) is 15.9. The van der Waals surface area contributed by atoms with Crippen molar-refractivity contribution in [2.45, 2.75) is 25.4 Å². The third-order valence-corrected chi connectivity index (χ3v) is 5.11. The number of benzene rings is 2. The van der Waals surface area contributed by atoms with Gasteiger partial charge in [0.1, 0.15) is 5.75 Å². The highest BCUT2D eigenvalue weighted by Gasteiger charge is 2.27. The zero-order chi connectivity index (χ0) is 19.5. The second-order valence-corrected chi connectivity index (χ2v) is 7.42. The number of rotatable bonds is 7. The highest BCUT2D eigenvalue weighted by atomic mass is 35.5. The second-order valence-electron chi connectivity index (χ2n) is 6.62. The smallest absolute Gasteiger partial charge is 0.258 e. The molecule has 1 aromatic heterocycles. The molecule has 1 aliphatic carbocycles. The van der Waals surface area contributed by atoms with Crippen LogP contribution in [0.2, 0.25) is 5.02 Å². The summed E-state index contributed by atoms with van der Waals surface area (Å²) >= 11 is 11.6. The van der Waals surface area contributed by atoms with Crippen molar-refractivity contribution in [1.29, 1.82) is 0 Å². The van der Waals surface area contributed by atoms with Crippen molar-refractivity contribution >= 4 is 29.7 Å². The molecule has 0 unspecified atom stereocenters. The molecule has 4 rings (SSSR count). The molecule has 0 saturated heterocycles. The highest BCUT2D eigenvalue weighted by molar-refractivity contribution is 7.71. The van der Waals surface area contributed by atoms with Crippen molar-refractivity contribution in [2.75, 3.05) is 6.61 Å². The van der Waals surface area contributed by atoms with E-state index in [1.54, 1.807) is 6.07 Å². The zero-order valence-electron chi connectivity index (χ0n) is 15.0. The van der Waals surface area contributed by atoms with Gasteiger partial charge in [-0.2, -0.15) is 5.10 Å². The number of nitrogens with one attached hydrogen (secondary N) is 2. The topological polar surface area (TPSA) is 71.9 Å². The number of nitrogens with zero attached hydrogens (tertiary/aromatic N) is 2. The molecule has 1 amide bonds. The summed E-state index contributed by atoms with van der Waals surface area (Å²) in [7, 11) is 0. The van der Waals surface area contributed by atoms with Gasteiger partial charge in [-0.1, -0.05) is 48.0 Å². The predicted octanol–water partition coefficient (Wildman–Crippen LogP) is 4.29. The Morgan fingerprint density at radius 3 is 2.75 bits per heavy atom. The maximum absolute atomic E-state index is 12.1. The first-order chi connectivity index (χ1) is 13.6. The second kappa shape index (κ2) is 8.16. The fraction of sp³-hybridized carbons (Fsp3) is 0.250. The van der Waals surface area contributed by atoms with E-state index in [-0.39, 0.29) is 12.5 Å². The van der Waals surface area contributed by atoms with Gasteiger partial charge in [-0.25, -0.2) is 0 Å². The molecule has 0 atom stereocenters. The molecule has 0 bridgehead atoms. The number of hydrogen-bond donors (Lipinski definition) is 2. The van der Waals surface area contributed by atoms with Crippen LogP contribution in [0.4, 0.5) is 0 Å². The third kappa shape index (κ3) is 4.26. The van der Waals surface area contributed by atoms with E-state index in [9.17, 15) is 4.79 Å². The molecule has 1 heterocycles. The summed E-state index contributed by atoms with van der Waals surface area (Å²) < 4.78 is 8.13. The van der Waals surface area contributed by atoms with Gasteiger partial charge in [-0.15, -0.1) is 0 Å². The Morgan fingerprint density at radius 2 is 2.04 bits per heavy atom. The first kappa shape index (κ1) is 18.7. The number of carbonyl (C=O) groups excluding carboxylic acids is 1. The maximum Gasteiger partial charge on any atom is 0.258 e. The van der Waals surface area contributed by atoms with Crippen LogP contribution >= 0.6 is 23.8 Å². The van der Waals surface area contributed by atoms with Crippen LogP contribution in [0.15, 0.2) is 48.5 Å². The van der Waals surface area contributed by atoms with Crippen LogP contribution in [0.5, 0.6) is 5.75 Å². The molecule has 0 aliphatic heterocycles. The lowest BCUT2D eigenvalue weighted by Crippen LogP contribution is -2.29. The maximum atomic E-state index is 12.1. The monoisotopic (exact) mass is 414 g/mol. The van der Waals surface area contributed by atoms with Gasteiger partial charge in [-0.05, 0) is 48.3 Å². The molecule has 8 heteroatoms. The van der Waals surface area contributed by atoms with Crippen LogP contribution in [0, 0.1) is 4.77 Å². The van der Waals surface area contributed by atoms with E-state index < -0.39 is 0 Å². The number of aromatic nitrogens is 3. The number of aromatic amines is 1. The quantitative estimate of drug-likeness (QED) is 0.565. The van der Waals surface area contributed by atoms with E-state index in [1.807, 2.05) is 47.0 Å². The van der Waals surface area contributed by atoms with Crippen LogP contribution in [0.25, 0.3) is 11.1 Å². The molecule has 1 saturated carbocycles. The zero-order valence-corrected chi connectivity index (χ0v) is 16.6. The Balaban J connectivity index is 1.33. The minimum Gasteiger partial charge on any atom is -0.482 e. The standard InChI is InChI=1S/C20H19ClN4O2S/c21-16-10-14(13-4-2-1-3-5-13)6-9-17(16)27-12-19(26)22-11-18-23-24-20(28)25(18)15-7-8-15/h1-6,9-10,15H,7-8,11-12H2,(H,22,26)(H,24,28). The van der Waals surface area contributed by atoms with Crippen molar-refractivity contribution in [3.63, 3.8) is 0 Å². The van der Waals surface area contributed by atoms with Crippen LogP contribution in [-0.2, 0) is 11.3 Å². The summed E-state index contributed by atoms with van der Waals surface area (Å²) in [5.74, 6) is 0.947. The van der Waals surface area contributed by atoms with Crippen molar-refractivity contribution in [3.05, 3.63) is 64.1 Å². The van der Waals surface area contributed by atoms with Crippen molar-refractivity contribution in [1.82, 2.24) is 20.1 Å². The largest absolute Gasteiger partial charge is 0.482 e. The average Bonchev–Trinajstić information content (AvgIpc) is 3.48. The lowest BCUT2D eigenvalue weighted by molar-refractivity contribution is -0.123. The Morgan fingerprint density at radius 1 is 1.25 bits per heavy atom. The van der Waals surface area contributed by atoms with E-state index in [0.29, 0.717) is 28.1 Å². The summed E-state index contributed by atoms with van der Waals surface area (Å²) in [5.41, 5.74) is 2.06. The lowest BCUT2D eigenvalue weighted by Gasteiger charge is -2.10. The minimum absolute atomic E-state index is 0.126. The van der Waals surface area contributed by atoms with E-state index in [0.717, 1.165) is 29.8 Å². The first-order valence-electron chi connectivity index (χ1n) is 9.02. The van der Waals surface area contributed by atoms with Gasteiger partial charge in [0.15, 0.2) is 17.2 Å². The number of H-pyrrole nitrogens is 1. The lowest BCUT2D eigenvalue weighted by atomic mass is 10.1. The van der Waals surface area contributed by atoms with Crippen molar-refractivity contribution in [2.24, 2.45) is 0 Å². The van der Waals surface area contributed by atoms with Gasteiger partial charge >= 0.3 is 0 Å². The van der Waals surface area contributed by atoms with Gasteiger partial charge in [0.2, 0.25) is 0 Å². The number of halogens is 1. The van der Waals surface area contributed by atoms with E-state index >= 15 is 0 Å². The van der Waals surface area contributed by atoms with Crippen LogP contribution in [0.1, 0.15) is 24.7 Å². The number of amides is 1. The van der Waals surface area contributed by atoms with Gasteiger partial charge in [0, 0.05) is 6.04 Å². The van der Waals surface area contributed by atoms with Crippen LogP contribution < -0.4 is 10.1 Å². The molecule has 28 heavy (non-hydrogen) atoms. The molecule has 144 valence electrons. The Labute approximate surface area is 172 Å².